The van der Waals surface area contributed by atoms with E-state index in [0.717, 1.165) is 49.7 Å². The molecule has 1 saturated carbocycles. The quantitative estimate of drug-likeness (QED) is 0.755. The van der Waals surface area contributed by atoms with Gasteiger partial charge in [0.2, 0.25) is 5.91 Å². The molecule has 1 aliphatic carbocycles. The second kappa shape index (κ2) is 8.93. The third-order valence-corrected chi connectivity index (χ3v) is 7.27. The average molecular weight is 440 g/mol. The molecule has 1 atom stereocenters. The van der Waals surface area contributed by atoms with Gasteiger partial charge in [-0.3, -0.25) is 9.63 Å². The molecule has 1 N–H and O–H groups in total. The van der Waals surface area contributed by atoms with Crippen LogP contribution in [0.3, 0.4) is 0 Å². The summed E-state index contributed by atoms with van der Waals surface area (Å²) in [6, 6.07) is 14.5. The maximum Gasteiger partial charge on any atom is 0.249 e. The Morgan fingerprint density at radius 1 is 1.00 bits per heavy atom. The number of hydrogen-bond donors (Lipinski definition) is 1. The van der Waals surface area contributed by atoms with Crippen molar-refractivity contribution < 1.29 is 23.9 Å². The molecule has 0 radical (unpaired) electrons. The monoisotopic (exact) mass is 439 g/mol. The van der Waals surface area contributed by atoms with E-state index in [1.54, 1.807) is 17.2 Å². The van der Waals surface area contributed by atoms with Crippen LogP contribution < -0.4 is 0 Å². The molecule has 2 saturated heterocycles. The smallest absolute Gasteiger partial charge is 0.249 e. The van der Waals surface area contributed by atoms with Crippen LogP contribution in [0, 0.1) is 17.7 Å². The Labute approximate surface area is 188 Å². The summed E-state index contributed by atoms with van der Waals surface area (Å²) < 4.78 is 18.4. The Morgan fingerprint density at radius 3 is 2.31 bits per heavy atom. The zero-order chi connectivity index (χ0) is 22.1. The van der Waals surface area contributed by atoms with Gasteiger partial charge >= 0.3 is 0 Å². The molecule has 0 spiro atoms. The lowest BCUT2D eigenvalue weighted by molar-refractivity contribution is -0.184. The number of ether oxygens (including phenoxy) is 1. The zero-order valence-electron chi connectivity index (χ0n) is 18.2. The van der Waals surface area contributed by atoms with E-state index in [1.165, 1.54) is 17.7 Å². The molecule has 5 rings (SSSR count). The summed E-state index contributed by atoms with van der Waals surface area (Å²) in [5.41, 5.74) is 2.29. The number of carbonyl (C=O) groups is 1. The minimum Gasteiger partial charge on any atom is -0.380 e. The van der Waals surface area contributed by atoms with Crippen LogP contribution in [0.4, 0.5) is 4.39 Å². The summed E-state index contributed by atoms with van der Waals surface area (Å²) in [5.74, 6) is 0.344. The van der Waals surface area contributed by atoms with E-state index in [4.69, 9.17) is 9.57 Å². The maximum atomic E-state index is 13.3. The average Bonchev–Trinajstić information content (AvgIpc) is 3.28. The van der Waals surface area contributed by atoms with Crippen LogP contribution in [-0.4, -0.2) is 35.9 Å². The van der Waals surface area contributed by atoms with Crippen molar-refractivity contribution in [3.63, 3.8) is 0 Å². The van der Waals surface area contributed by atoms with Crippen molar-refractivity contribution in [2.24, 2.45) is 11.8 Å². The van der Waals surface area contributed by atoms with E-state index in [0.29, 0.717) is 25.7 Å². The first-order chi connectivity index (χ1) is 15.5. The van der Waals surface area contributed by atoms with Crippen molar-refractivity contribution in [2.45, 2.75) is 50.2 Å². The summed E-state index contributed by atoms with van der Waals surface area (Å²) in [7, 11) is 0. The van der Waals surface area contributed by atoms with Crippen LogP contribution in [-0.2, 0) is 26.4 Å². The van der Waals surface area contributed by atoms with Crippen LogP contribution >= 0.6 is 0 Å². The number of amides is 1. The van der Waals surface area contributed by atoms with E-state index >= 15 is 0 Å². The van der Waals surface area contributed by atoms with Gasteiger partial charge in [-0.1, -0.05) is 36.4 Å². The fourth-order valence-corrected chi connectivity index (χ4v) is 5.21. The van der Waals surface area contributed by atoms with Crippen molar-refractivity contribution in [2.75, 3.05) is 19.8 Å². The highest BCUT2D eigenvalue weighted by Gasteiger charge is 2.38. The van der Waals surface area contributed by atoms with Gasteiger partial charge in [0.1, 0.15) is 11.4 Å². The number of halogens is 1. The van der Waals surface area contributed by atoms with Gasteiger partial charge < -0.3 is 9.84 Å². The first kappa shape index (κ1) is 21.6. The third-order valence-electron chi connectivity index (χ3n) is 7.27. The van der Waals surface area contributed by atoms with Gasteiger partial charge in [-0.05, 0) is 66.8 Å². The lowest BCUT2D eigenvalue weighted by Crippen LogP contribution is -2.46. The molecule has 2 aromatic rings. The van der Waals surface area contributed by atoms with E-state index in [-0.39, 0.29) is 23.7 Å². The summed E-state index contributed by atoms with van der Waals surface area (Å²) in [6.45, 7) is 1.25. The van der Waals surface area contributed by atoms with E-state index in [9.17, 15) is 14.3 Å². The molecule has 2 heterocycles. The summed E-state index contributed by atoms with van der Waals surface area (Å²) in [4.78, 5) is 18.9. The molecule has 6 heteroatoms. The van der Waals surface area contributed by atoms with Crippen LogP contribution in [0.15, 0.2) is 48.5 Å². The molecular formula is C26H30FNO4. The van der Waals surface area contributed by atoms with Crippen molar-refractivity contribution in [3.05, 3.63) is 71.0 Å². The first-order valence-corrected chi connectivity index (χ1v) is 11.6. The van der Waals surface area contributed by atoms with E-state index in [1.807, 2.05) is 12.1 Å². The summed E-state index contributed by atoms with van der Waals surface area (Å²) >= 11 is 0. The SMILES string of the molecule is O=C([C@H]1CC[C@H](Cc2ccc(C3(O)COC3)cc2)CC1)N1OCC[C@H]1c1ccc(F)cc1. The van der Waals surface area contributed by atoms with Gasteiger partial charge in [0, 0.05) is 12.3 Å². The first-order valence-electron chi connectivity index (χ1n) is 11.6. The highest BCUT2D eigenvalue weighted by molar-refractivity contribution is 5.78. The Hall–Kier alpha value is -2.28. The molecule has 5 nitrogen and oxygen atoms in total. The van der Waals surface area contributed by atoms with Crippen molar-refractivity contribution in [1.29, 1.82) is 0 Å². The lowest BCUT2D eigenvalue weighted by Gasteiger charge is -2.36. The number of nitrogens with zero attached hydrogens (tertiary/aromatic N) is 1. The number of benzene rings is 2. The van der Waals surface area contributed by atoms with Crippen LogP contribution in [0.1, 0.15) is 54.8 Å². The molecule has 0 aromatic heterocycles. The highest BCUT2D eigenvalue weighted by atomic mass is 19.1. The molecule has 170 valence electrons. The predicted molar refractivity (Wildman–Crippen MR) is 117 cm³/mol. The van der Waals surface area contributed by atoms with Crippen LogP contribution in [0.25, 0.3) is 0 Å². The molecular weight excluding hydrogens is 409 g/mol. The number of carbonyl (C=O) groups excluding carboxylic acids is 1. The topological polar surface area (TPSA) is 59.0 Å². The standard InChI is InChI=1S/C26H30FNO4/c27-23-11-7-20(8-12-23)24-13-14-32-28(24)25(29)21-5-1-18(2-6-21)15-19-3-9-22(10-4-19)26(30)16-31-17-26/h3-4,7-12,18,21,24,30H,1-2,5-6,13-17H2/t18-,21-,24-/m0/s1. The number of hydroxylamine groups is 2. The Morgan fingerprint density at radius 2 is 1.69 bits per heavy atom. The van der Waals surface area contributed by atoms with Gasteiger partial charge in [0.05, 0.1) is 25.9 Å². The van der Waals surface area contributed by atoms with Gasteiger partial charge in [0.25, 0.3) is 0 Å². The fraction of sp³-hybridized carbons (Fsp3) is 0.500. The zero-order valence-corrected chi connectivity index (χ0v) is 18.2. The van der Waals surface area contributed by atoms with Crippen molar-refractivity contribution >= 4 is 5.91 Å². The van der Waals surface area contributed by atoms with Crippen molar-refractivity contribution in [3.8, 4) is 0 Å². The highest BCUT2D eigenvalue weighted by Crippen LogP contribution is 2.37. The van der Waals surface area contributed by atoms with E-state index in [2.05, 4.69) is 12.1 Å². The minimum atomic E-state index is -0.819. The minimum absolute atomic E-state index is 0.0115. The Bertz CT molecular complexity index is 933. The molecule has 0 bridgehead atoms. The largest absolute Gasteiger partial charge is 0.380 e. The van der Waals surface area contributed by atoms with E-state index < -0.39 is 5.60 Å². The third kappa shape index (κ3) is 4.32. The predicted octanol–water partition coefficient (Wildman–Crippen LogP) is 4.30. The van der Waals surface area contributed by atoms with Gasteiger partial charge in [-0.2, -0.15) is 0 Å². The lowest BCUT2D eigenvalue weighted by atomic mass is 9.78. The maximum absolute atomic E-state index is 13.3. The normalized spacial score (nSPS) is 27.2. The number of rotatable bonds is 5. The molecule has 2 aliphatic heterocycles. The van der Waals surface area contributed by atoms with Crippen LogP contribution in [0.5, 0.6) is 0 Å². The van der Waals surface area contributed by atoms with Crippen LogP contribution in [0.2, 0.25) is 0 Å². The summed E-state index contributed by atoms with van der Waals surface area (Å²) in [6.07, 6.45) is 5.51. The summed E-state index contributed by atoms with van der Waals surface area (Å²) in [5, 5.41) is 11.9. The van der Waals surface area contributed by atoms with Gasteiger partial charge in [-0.25, -0.2) is 9.45 Å². The van der Waals surface area contributed by atoms with Gasteiger partial charge in [0.15, 0.2) is 0 Å². The fourth-order valence-electron chi connectivity index (χ4n) is 5.21. The molecule has 0 unspecified atom stereocenters. The molecule has 32 heavy (non-hydrogen) atoms. The Kier molecular flexibility index (Phi) is 6.01. The molecule has 3 fully saturated rings. The van der Waals surface area contributed by atoms with Gasteiger partial charge in [-0.15, -0.1) is 0 Å². The number of aliphatic hydroxyl groups is 1. The molecule has 1 amide bonds. The van der Waals surface area contributed by atoms with Crippen molar-refractivity contribution in [1.82, 2.24) is 5.06 Å². The number of hydrogen-bond acceptors (Lipinski definition) is 4. The molecule has 3 aliphatic rings. The second-order valence-electron chi connectivity index (χ2n) is 9.50. The second-order valence-corrected chi connectivity index (χ2v) is 9.50. The molecule has 2 aromatic carbocycles. The Balaban J connectivity index is 1.15.